The van der Waals surface area contributed by atoms with Gasteiger partial charge in [0.15, 0.2) is 0 Å². The van der Waals surface area contributed by atoms with Crippen molar-refractivity contribution in [2.24, 2.45) is 11.8 Å². The largest absolute Gasteiger partial charge is 0.310 e. The molecule has 0 fully saturated rings. The molecule has 0 radical (unpaired) electrons. The van der Waals surface area contributed by atoms with E-state index in [1.54, 1.807) is 0 Å². The van der Waals surface area contributed by atoms with E-state index in [2.05, 4.69) is 76.0 Å². The van der Waals surface area contributed by atoms with Gasteiger partial charge in [0.05, 0.1) is 0 Å². The maximum absolute atomic E-state index is 3.54. The topological polar surface area (TPSA) is 15.3 Å². The fourth-order valence-electron chi connectivity index (χ4n) is 2.68. The third-order valence-electron chi connectivity index (χ3n) is 3.46. The van der Waals surface area contributed by atoms with Crippen LogP contribution in [0.15, 0.2) is 24.3 Å². The van der Waals surface area contributed by atoms with Gasteiger partial charge in [0.2, 0.25) is 0 Å². The summed E-state index contributed by atoms with van der Waals surface area (Å²) in [6.45, 7) is 18.0. The molecule has 0 aromatic heterocycles. The van der Waals surface area contributed by atoms with E-state index in [-0.39, 0.29) is 0 Å². The lowest BCUT2D eigenvalue weighted by molar-refractivity contribution is 0.211. The Morgan fingerprint density at radius 1 is 0.857 bits per heavy atom. The van der Waals surface area contributed by atoms with Gasteiger partial charge in [-0.25, -0.2) is 0 Å². The summed E-state index contributed by atoms with van der Waals surface area (Å²) >= 11 is 0. The first kappa shape index (κ1) is 18.2. The van der Waals surface area contributed by atoms with Gasteiger partial charge >= 0.3 is 0 Å². The van der Waals surface area contributed by atoms with Crippen LogP contribution in [0.5, 0.6) is 0 Å². The number of benzene rings is 1. The van der Waals surface area contributed by atoms with Crippen molar-refractivity contribution in [1.29, 1.82) is 0 Å². The lowest BCUT2D eigenvalue weighted by Gasteiger charge is -2.27. The van der Waals surface area contributed by atoms with Crippen LogP contribution in [0, 0.1) is 11.8 Å². The van der Waals surface area contributed by atoms with E-state index in [1.165, 1.54) is 24.2 Å². The van der Waals surface area contributed by atoms with Gasteiger partial charge in [0.25, 0.3) is 0 Å². The van der Waals surface area contributed by atoms with Gasteiger partial charge in [-0.3, -0.25) is 4.90 Å². The Bertz CT molecular complexity index is 386. The normalized spacial score (nSPS) is 12.1. The molecule has 0 unspecified atom stereocenters. The molecule has 0 heterocycles. The Morgan fingerprint density at radius 2 is 1.38 bits per heavy atom. The molecule has 1 rings (SSSR count). The molecule has 120 valence electrons. The second kappa shape index (κ2) is 9.22. The number of hydrogen-bond donors (Lipinski definition) is 1. The van der Waals surface area contributed by atoms with Gasteiger partial charge in [-0.15, -0.1) is 0 Å². The fourth-order valence-corrected chi connectivity index (χ4v) is 2.68. The highest BCUT2D eigenvalue weighted by Crippen LogP contribution is 2.14. The number of rotatable bonds is 9. The summed E-state index contributed by atoms with van der Waals surface area (Å²) in [5, 5.41) is 3.54. The Balaban J connectivity index is 2.77. The van der Waals surface area contributed by atoms with Crippen LogP contribution in [0.2, 0.25) is 0 Å². The maximum atomic E-state index is 3.54. The van der Waals surface area contributed by atoms with E-state index < -0.39 is 0 Å². The van der Waals surface area contributed by atoms with Crippen LogP contribution in [0.3, 0.4) is 0 Å². The van der Waals surface area contributed by atoms with Crippen LogP contribution >= 0.6 is 0 Å². The van der Waals surface area contributed by atoms with Crippen LogP contribution in [0.1, 0.15) is 52.7 Å². The van der Waals surface area contributed by atoms with Gasteiger partial charge in [0, 0.05) is 32.2 Å². The average molecular weight is 290 g/mol. The summed E-state index contributed by atoms with van der Waals surface area (Å²) in [5.41, 5.74) is 2.90. The van der Waals surface area contributed by atoms with Gasteiger partial charge in [-0.1, -0.05) is 65.8 Å². The van der Waals surface area contributed by atoms with Crippen LogP contribution in [0.4, 0.5) is 0 Å². The summed E-state index contributed by atoms with van der Waals surface area (Å²) in [5.74, 6) is 1.43. The molecule has 0 atom stereocenters. The highest BCUT2D eigenvalue weighted by Gasteiger charge is 2.12. The van der Waals surface area contributed by atoms with E-state index in [4.69, 9.17) is 0 Å². The summed E-state index contributed by atoms with van der Waals surface area (Å²) in [7, 11) is 0. The van der Waals surface area contributed by atoms with Crippen molar-refractivity contribution >= 4 is 0 Å². The predicted octanol–water partition coefficient (Wildman–Crippen LogP) is 4.30. The SMILES string of the molecule is CC(C)CN(Cc1ccccc1CNC(C)C)CC(C)C. The predicted molar refractivity (Wildman–Crippen MR) is 93.4 cm³/mol. The minimum absolute atomic E-state index is 0.528. The van der Waals surface area contributed by atoms with E-state index in [9.17, 15) is 0 Å². The van der Waals surface area contributed by atoms with Crippen molar-refractivity contribution in [2.75, 3.05) is 13.1 Å². The molecule has 1 aromatic rings. The highest BCUT2D eigenvalue weighted by molar-refractivity contribution is 5.27. The molecule has 21 heavy (non-hydrogen) atoms. The molecule has 0 spiro atoms. The van der Waals surface area contributed by atoms with Crippen LogP contribution in [-0.2, 0) is 13.1 Å². The second-order valence-electron chi connectivity index (χ2n) is 7.29. The standard InChI is InChI=1S/C19H34N2/c1-15(2)12-21(13-16(3)4)14-19-10-8-7-9-18(19)11-20-17(5)6/h7-10,15-17,20H,11-14H2,1-6H3. The van der Waals surface area contributed by atoms with Crippen molar-refractivity contribution < 1.29 is 0 Å². The van der Waals surface area contributed by atoms with Gasteiger partial charge in [0.1, 0.15) is 0 Å². The van der Waals surface area contributed by atoms with E-state index in [0.29, 0.717) is 17.9 Å². The van der Waals surface area contributed by atoms with Crippen molar-refractivity contribution in [3.8, 4) is 0 Å². The molecule has 0 saturated carbocycles. The molecular formula is C19H34N2. The molecule has 2 heteroatoms. The molecule has 0 amide bonds. The molecular weight excluding hydrogens is 256 g/mol. The number of nitrogens with zero attached hydrogens (tertiary/aromatic N) is 1. The first-order valence-corrected chi connectivity index (χ1v) is 8.41. The Hall–Kier alpha value is -0.860. The molecule has 0 saturated heterocycles. The van der Waals surface area contributed by atoms with Crippen molar-refractivity contribution in [3.05, 3.63) is 35.4 Å². The summed E-state index contributed by atoms with van der Waals surface area (Å²) in [6, 6.07) is 9.38. The van der Waals surface area contributed by atoms with E-state index >= 15 is 0 Å². The first-order chi connectivity index (χ1) is 9.88. The van der Waals surface area contributed by atoms with E-state index in [1.807, 2.05) is 0 Å². The highest BCUT2D eigenvalue weighted by atomic mass is 15.1. The Labute approximate surface area is 131 Å². The average Bonchev–Trinajstić information content (AvgIpc) is 2.36. The zero-order chi connectivity index (χ0) is 15.8. The molecule has 1 aromatic carbocycles. The smallest absolute Gasteiger partial charge is 0.0237 e. The minimum Gasteiger partial charge on any atom is -0.310 e. The molecule has 0 aliphatic rings. The van der Waals surface area contributed by atoms with Crippen LogP contribution in [0.25, 0.3) is 0 Å². The van der Waals surface area contributed by atoms with Gasteiger partial charge in [-0.05, 0) is 23.0 Å². The number of hydrogen-bond acceptors (Lipinski definition) is 2. The molecule has 0 aliphatic heterocycles. The van der Waals surface area contributed by atoms with Crippen molar-refractivity contribution in [3.63, 3.8) is 0 Å². The third kappa shape index (κ3) is 7.63. The minimum atomic E-state index is 0.528. The van der Waals surface area contributed by atoms with Crippen molar-refractivity contribution in [2.45, 2.75) is 60.7 Å². The monoisotopic (exact) mass is 290 g/mol. The molecule has 0 bridgehead atoms. The fraction of sp³-hybridized carbons (Fsp3) is 0.684. The zero-order valence-electron chi connectivity index (χ0n) is 14.8. The molecule has 0 aliphatic carbocycles. The zero-order valence-corrected chi connectivity index (χ0v) is 14.8. The lowest BCUT2D eigenvalue weighted by atomic mass is 10.0. The quantitative estimate of drug-likeness (QED) is 0.729. The third-order valence-corrected chi connectivity index (χ3v) is 3.46. The lowest BCUT2D eigenvalue weighted by Crippen LogP contribution is -2.31. The molecule has 1 N–H and O–H groups in total. The Morgan fingerprint density at radius 3 is 1.86 bits per heavy atom. The Kier molecular flexibility index (Phi) is 7.98. The summed E-state index contributed by atoms with van der Waals surface area (Å²) < 4.78 is 0. The number of nitrogens with one attached hydrogen (secondary N) is 1. The van der Waals surface area contributed by atoms with Gasteiger partial charge in [-0.2, -0.15) is 0 Å². The van der Waals surface area contributed by atoms with Crippen LogP contribution < -0.4 is 5.32 Å². The van der Waals surface area contributed by atoms with Crippen molar-refractivity contribution in [1.82, 2.24) is 10.2 Å². The first-order valence-electron chi connectivity index (χ1n) is 8.41. The summed E-state index contributed by atoms with van der Waals surface area (Å²) in [4.78, 5) is 2.60. The molecule has 2 nitrogen and oxygen atoms in total. The maximum Gasteiger partial charge on any atom is 0.0237 e. The van der Waals surface area contributed by atoms with Gasteiger partial charge < -0.3 is 5.32 Å². The van der Waals surface area contributed by atoms with E-state index in [0.717, 1.165) is 13.1 Å². The van der Waals surface area contributed by atoms with Crippen LogP contribution in [-0.4, -0.2) is 24.0 Å². The summed E-state index contributed by atoms with van der Waals surface area (Å²) in [6.07, 6.45) is 0. The second-order valence-corrected chi connectivity index (χ2v) is 7.29.